The van der Waals surface area contributed by atoms with Crippen LogP contribution >= 0.6 is 23.2 Å². The molecule has 0 spiro atoms. The van der Waals surface area contributed by atoms with E-state index in [1.54, 1.807) is 18.2 Å². The highest BCUT2D eigenvalue weighted by Gasteiger charge is 2.09. The van der Waals surface area contributed by atoms with Gasteiger partial charge < -0.3 is 16.0 Å². The van der Waals surface area contributed by atoms with Crippen LogP contribution in [0, 0.1) is 0 Å². The first kappa shape index (κ1) is 15.6. The van der Waals surface area contributed by atoms with Crippen LogP contribution < -0.4 is 16.0 Å². The number of rotatable bonds is 6. The Balaban J connectivity index is 2.31. The zero-order valence-electron chi connectivity index (χ0n) is 11.7. The van der Waals surface area contributed by atoms with Gasteiger partial charge in [0.1, 0.15) is 0 Å². The topological polar surface area (TPSA) is 74.8 Å². The minimum absolute atomic E-state index is 0.390. The maximum atomic E-state index is 6.15. The summed E-state index contributed by atoms with van der Waals surface area (Å²) in [4.78, 5) is 12.8. The molecule has 0 saturated heterocycles. The Kier molecular flexibility index (Phi) is 5.41. The number of aromatic nitrogens is 3. The first-order valence-electron chi connectivity index (χ1n) is 6.58. The van der Waals surface area contributed by atoms with Crippen molar-refractivity contribution in [1.29, 1.82) is 0 Å². The maximum absolute atomic E-state index is 6.15. The van der Waals surface area contributed by atoms with Gasteiger partial charge in [0.15, 0.2) is 0 Å². The van der Waals surface area contributed by atoms with Crippen molar-refractivity contribution in [2.24, 2.45) is 0 Å². The molecular weight excluding hydrogens is 311 g/mol. The summed E-state index contributed by atoms with van der Waals surface area (Å²) in [5.74, 6) is 1.37. The Morgan fingerprint density at radius 1 is 0.905 bits per heavy atom. The normalized spacial score (nSPS) is 10.3. The summed E-state index contributed by atoms with van der Waals surface area (Å²) >= 11 is 12.1. The fourth-order valence-electron chi connectivity index (χ4n) is 1.63. The van der Waals surface area contributed by atoms with E-state index in [1.165, 1.54) is 0 Å². The van der Waals surface area contributed by atoms with Crippen molar-refractivity contribution in [2.75, 3.05) is 29.0 Å². The van der Waals surface area contributed by atoms with Crippen LogP contribution in [0.3, 0.4) is 0 Å². The predicted molar refractivity (Wildman–Crippen MR) is 87.9 cm³/mol. The monoisotopic (exact) mass is 326 g/mol. The van der Waals surface area contributed by atoms with Crippen molar-refractivity contribution < 1.29 is 0 Å². The maximum Gasteiger partial charge on any atom is 0.233 e. The Hall–Kier alpha value is -1.79. The van der Waals surface area contributed by atoms with E-state index in [4.69, 9.17) is 23.2 Å². The summed E-state index contributed by atoms with van der Waals surface area (Å²) < 4.78 is 0. The summed E-state index contributed by atoms with van der Waals surface area (Å²) in [6.45, 7) is 5.37. The molecule has 21 heavy (non-hydrogen) atoms. The zero-order chi connectivity index (χ0) is 15.2. The van der Waals surface area contributed by atoms with E-state index in [-0.39, 0.29) is 0 Å². The summed E-state index contributed by atoms with van der Waals surface area (Å²) in [6.07, 6.45) is 0. The molecule has 0 fully saturated rings. The molecule has 0 aliphatic heterocycles. The molecule has 6 nitrogen and oxygen atoms in total. The molecule has 1 aromatic heterocycles. The van der Waals surface area contributed by atoms with Gasteiger partial charge in [-0.25, -0.2) is 0 Å². The predicted octanol–water partition coefficient (Wildman–Crippen LogP) is 3.79. The Labute approximate surface area is 133 Å². The molecule has 0 amide bonds. The average Bonchev–Trinajstić information content (AvgIpc) is 2.44. The minimum atomic E-state index is 0.390. The van der Waals surface area contributed by atoms with Crippen molar-refractivity contribution in [3.05, 3.63) is 28.2 Å². The minimum Gasteiger partial charge on any atom is -0.354 e. The number of nitrogens with zero attached hydrogens (tertiary/aromatic N) is 3. The van der Waals surface area contributed by atoms with Gasteiger partial charge in [0.05, 0.1) is 15.7 Å². The van der Waals surface area contributed by atoms with E-state index in [2.05, 4.69) is 30.9 Å². The standard InChI is InChI=1S/C13H16Cl2N6/c1-3-16-11-19-12(17-4-2)21-13(20-11)18-9-7-5-6-8(14)10(9)15/h5-7H,3-4H2,1-2H3,(H3,16,17,18,19,20,21). The molecule has 8 heteroatoms. The molecule has 0 aliphatic carbocycles. The second-order valence-corrected chi connectivity index (χ2v) is 4.88. The van der Waals surface area contributed by atoms with Gasteiger partial charge >= 0.3 is 0 Å². The summed E-state index contributed by atoms with van der Waals surface area (Å²) in [5, 5.41) is 10.1. The third-order valence-corrected chi connectivity index (χ3v) is 3.32. The second-order valence-electron chi connectivity index (χ2n) is 4.09. The highest BCUT2D eigenvalue weighted by Crippen LogP contribution is 2.31. The van der Waals surface area contributed by atoms with E-state index < -0.39 is 0 Å². The average molecular weight is 327 g/mol. The van der Waals surface area contributed by atoms with Gasteiger partial charge in [-0.1, -0.05) is 29.3 Å². The van der Waals surface area contributed by atoms with Gasteiger partial charge in [-0.15, -0.1) is 0 Å². The van der Waals surface area contributed by atoms with Crippen LogP contribution in [0.4, 0.5) is 23.5 Å². The lowest BCUT2D eigenvalue weighted by Gasteiger charge is -2.11. The number of hydrogen-bond donors (Lipinski definition) is 3. The smallest absolute Gasteiger partial charge is 0.233 e. The third-order valence-electron chi connectivity index (χ3n) is 2.50. The van der Waals surface area contributed by atoms with E-state index >= 15 is 0 Å². The third kappa shape index (κ3) is 4.09. The highest BCUT2D eigenvalue weighted by atomic mass is 35.5. The van der Waals surface area contributed by atoms with Gasteiger partial charge in [0.25, 0.3) is 0 Å². The number of halogens is 2. The van der Waals surface area contributed by atoms with Gasteiger partial charge in [0, 0.05) is 13.1 Å². The molecule has 1 aromatic carbocycles. The van der Waals surface area contributed by atoms with E-state index in [0.717, 1.165) is 0 Å². The molecule has 2 rings (SSSR count). The first-order chi connectivity index (χ1) is 10.1. The summed E-state index contributed by atoms with van der Waals surface area (Å²) in [6, 6.07) is 5.32. The zero-order valence-corrected chi connectivity index (χ0v) is 13.3. The van der Waals surface area contributed by atoms with Crippen LogP contribution in [-0.4, -0.2) is 28.0 Å². The van der Waals surface area contributed by atoms with Crippen molar-refractivity contribution in [2.45, 2.75) is 13.8 Å². The van der Waals surface area contributed by atoms with Gasteiger partial charge in [-0.3, -0.25) is 0 Å². The van der Waals surface area contributed by atoms with Crippen molar-refractivity contribution in [3.8, 4) is 0 Å². The van der Waals surface area contributed by atoms with Crippen molar-refractivity contribution >= 4 is 46.7 Å². The molecule has 0 unspecified atom stereocenters. The molecule has 0 radical (unpaired) electrons. The number of hydrogen-bond acceptors (Lipinski definition) is 6. The van der Waals surface area contributed by atoms with Crippen LogP contribution in [0.2, 0.25) is 10.0 Å². The largest absolute Gasteiger partial charge is 0.354 e. The van der Waals surface area contributed by atoms with Crippen LogP contribution in [0.5, 0.6) is 0 Å². The fraction of sp³-hybridized carbons (Fsp3) is 0.308. The molecule has 0 bridgehead atoms. The SMILES string of the molecule is CCNc1nc(NCC)nc(Nc2cccc(Cl)c2Cl)n1. The van der Waals surface area contributed by atoms with Crippen LogP contribution in [0.25, 0.3) is 0 Å². The van der Waals surface area contributed by atoms with E-state index in [0.29, 0.717) is 46.7 Å². The fourth-order valence-corrected chi connectivity index (χ4v) is 1.97. The van der Waals surface area contributed by atoms with Crippen LogP contribution in [-0.2, 0) is 0 Å². The molecule has 0 aliphatic rings. The molecule has 1 heterocycles. The molecule has 3 N–H and O–H groups in total. The van der Waals surface area contributed by atoms with Gasteiger partial charge in [-0.05, 0) is 26.0 Å². The molecule has 0 saturated carbocycles. The second kappa shape index (κ2) is 7.28. The number of anilines is 4. The lowest BCUT2D eigenvalue weighted by Crippen LogP contribution is -2.10. The summed E-state index contributed by atoms with van der Waals surface area (Å²) in [7, 11) is 0. The Bertz CT molecular complexity index is 595. The van der Waals surface area contributed by atoms with Crippen LogP contribution in [0.15, 0.2) is 18.2 Å². The lowest BCUT2D eigenvalue weighted by molar-refractivity contribution is 1.00. The van der Waals surface area contributed by atoms with Gasteiger partial charge in [-0.2, -0.15) is 15.0 Å². The van der Waals surface area contributed by atoms with Crippen LogP contribution in [0.1, 0.15) is 13.8 Å². The Morgan fingerprint density at radius 3 is 2.05 bits per heavy atom. The molecule has 2 aromatic rings. The van der Waals surface area contributed by atoms with E-state index in [1.807, 2.05) is 13.8 Å². The Morgan fingerprint density at radius 2 is 1.48 bits per heavy atom. The number of nitrogens with one attached hydrogen (secondary N) is 3. The van der Waals surface area contributed by atoms with E-state index in [9.17, 15) is 0 Å². The highest BCUT2D eigenvalue weighted by molar-refractivity contribution is 6.43. The van der Waals surface area contributed by atoms with Crippen molar-refractivity contribution in [1.82, 2.24) is 15.0 Å². The lowest BCUT2D eigenvalue weighted by atomic mass is 10.3. The quantitative estimate of drug-likeness (QED) is 0.750. The van der Waals surface area contributed by atoms with Gasteiger partial charge in [0.2, 0.25) is 17.8 Å². The molecular formula is C13H16Cl2N6. The van der Waals surface area contributed by atoms with Crippen molar-refractivity contribution in [3.63, 3.8) is 0 Å². The molecule has 112 valence electrons. The first-order valence-corrected chi connectivity index (χ1v) is 7.34. The summed E-state index contributed by atoms with van der Waals surface area (Å²) in [5.41, 5.74) is 0.639. The molecule has 0 atom stereocenters. The number of benzene rings is 1.